The quantitative estimate of drug-likeness (QED) is 0.867. The van der Waals surface area contributed by atoms with Gasteiger partial charge in [-0.05, 0) is 43.8 Å². The molecule has 1 amide bonds. The van der Waals surface area contributed by atoms with E-state index in [-0.39, 0.29) is 24.4 Å². The fraction of sp³-hybridized carbons (Fsp3) is 0.611. The van der Waals surface area contributed by atoms with E-state index in [1.54, 1.807) is 0 Å². The normalized spacial score (nSPS) is 22.7. The smallest absolute Gasteiger partial charge is 0.220 e. The van der Waals surface area contributed by atoms with Crippen molar-refractivity contribution in [1.29, 1.82) is 0 Å². The lowest BCUT2D eigenvalue weighted by Gasteiger charge is -2.28. The number of nitrogens with one attached hydrogen (secondary N) is 2. The van der Waals surface area contributed by atoms with Gasteiger partial charge < -0.3 is 15.4 Å². The maximum Gasteiger partial charge on any atom is 0.220 e. The van der Waals surface area contributed by atoms with Crippen LogP contribution in [-0.4, -0.2) is 25.6 Å². The van der Waals surface area contributed by atoms with Crippen LogP contribution in [0.2, 0.25) is 0 Å². The first-order chi connectivity index (χ1) is 10.8. The molecule has 3 rings (SSSR count). The number of para-hydroxylation sites is 1. The van der Waals surface area contributed by atoms with Gasteiger partial charge in [-0.2, -0.15) is 0 Å². The highest BCUT2D eigenvalue weighted by atomic mass is 35.5. The fourth-order valence-electron chi connectivity index (χ4n) is 3.48. The van der Waals surface area contributed by atoms with Crippen LogP contribution in [0.1, 0.15) is 49.8 Å². The Morgan fingerprint density at radius 1 is 1.39 bits per heavy atom. The number of hydrogen-bond acceptors (Lipinski definition) is 3. The average molecular weight is 339 g/mol. The maximum absolute atomic E-state index is 12.3. The van der Waals surface area contributed by atoms with Crippen LogP contribution in [0.3, 0.4) is 0 Å². The SMILES string of the molecule is CCc1cccc2c1OCCC2NC(=O)CCC1CCNC1.Cl. The van der Waals surface area contributed by atoms with E-state index in [4.69, 9.17) is 4.74 Å². The summed E-state index contributed by atoms with van der Waals surface area (Å²) in [7, 11) is 0. The van der Waals surface area contributed by atoms with E-state index in [2.05, 4.69) is 35.8 Å². The minimum absolute atomic E-state index is 0. The Labute approximate surface area is 144 Å². The lowest BCUT2D eigenvalue weighted by atomic mass is 9.96. The zero-order chi connectivity index (χ0) is 15.4. The fourth-order valence-corrected chi connectivity index (χ4v) is 3.48. The predicted molar refractivity (Wildman–Crippen MR) is 94.3 cm³/mol. The number of aryl methyl sites for hydroxylation is 1. The standard InChI is InChI=1S/C18H26N2O2.ClH/c1-2-14-4-3-5-15-16(9-11-22-18(14)15)20-17(21)7-6-13-8-10-19-12-13;/h3-5,13,16,19H,2,6-12H2,1H3,(H,20,21);1H. The zero-order valence-corrected chi connectivity index (χ0v) is 14.6. The lowest BCUT2D eigenvalue weighted by Crippen LogP contribution is -2.32. The first-order valence-electron chi connectivity index (χ1n) is 8.52. The highest BCUT2D eigenvalue weighted by Crippen LogP contribution is 2.35. The molecule has 1 fully saturated rings. The Morgan fingerprint density at radius 3 is 3.00 bits per heavy atom. The highest BCUT2D eigenvalue weighted by Gasteiger charge is 2.25. The topological polar surface area (TPSA) is 50.4 Å². The van der Waals surface area contributed by atoms with Crippen molar-refractivity contribution in [2.24, 2.45) is 5.92 Å². The number of halogens is 1. The molecule has 1 aromatic carbocycles. The highest BCUT2D eigenvalue weighted by molar-refractivity contribution is 5.85. The number of ether oxygens (including phenoxy) is 1. The molecule has 0 saturated carbocycles. The summed E-state index contributed by atoms with van der Waals surface area (Å²) in [5, 5.41) is 6.57. The summed E-state index contributed by atoms with van der Waals surface area (Å²) in [5.41, 5.74) is 2.37. The summed E-state index contributed by atoms with van der Waals surface area (Å²) >= 11 is 0. The summed E-state index contributed by atoms with van der Waals surface area (Å²) in [5.74, 6) is 1.83. The van der Waals surface area contributed by atoms with E-state index in [9.17, 15) is 4.79 Å². The number of carbonyl (C=O) groups is 1. The lowest BCUT2D eigenvalue weighted by molar-refractivity contribution is -0.122. The predicted octanol–water partition coefficient (Wildman–Crippen LogP) is 3.00. The van der Waals surface area contributed by atoms with Crippen molar-refractivity contribution in [2.75, 3.05) is 19.7 Å². The maximum atomic E-state index is 12.3. The van der Waals surface area contributed by atoms with Gasteiger partial charge in [-0.15, -0.1) is 12.4 Å². The van der Waals surface area contributed by atoms with Crippen molar-refractivity contribution in [2.45, 2.75) is 45.1 Å². The van der Waals surface area contributed by atoms with Crippen LogP contribution in [0.5, 0.6) is 5.75 Å². The first kappa shape index (κ1) is 18.1. The van der Waals surface area contributed by atoms with Gasteiger partial charge in [0.05, 0.1) is 12.6 Å². The summed E-state index contributed by atoms with van der Waals surface area (Å²) < 4.78 is 5.84. The third-order valence-electron chi connectivity index (χ3n) is 4.81. The largest absolute Gasteiger partial charge is 0.493 e. The summed E-state index contributed by atoms with van der Waals surface area (Å²) in [6.45, 7) is 4.98. The van der Waals surface area contributed by atoms with Crippen molar-refractivity contribution in [1.82, 2.24) is 10.6 Å². The van der Waals surface area contributed by atoms with Crippen LogP contribution >= 0.6 is 12.4 Å². The molecule has 4 nitrogen and oxygen atoms in total. The van der Waals surface area contributed by atoms with Crippen LogP contribution in [0, 0.1) is 5.92 Å². The van der Waals surface area contributed by atoms with Crippen LogP contribution in [-0.2, 0) is 11.2 Å². The molecule has 0 aliphatic carbocycles. The molecule has 0 bridgehead atoms. The molecule has 0 aromatic heterocycles. The molecule has 2 atom stereocenters. The van der Waals surface area contributed by atoms with E-state index in [0.29, 0.717) is 18.9 Å². The van der Waals surface area contributed by atoms with Crippen molar-refractivity contribution < 1.29 is 9.53 Å². The summed E-state index contributed by atoms with van der Waals surface area (Å²) in [6.07, 6.45) is 4.64. The van der Waals surface area contributed by atoms with E-state index in [1.165, 1.54) is 12.0 Å². The molecule has 128 valence electrons. The van der Waals surface area contributed by atoms with Gasteiger partial charge in [-0.1, -0.05) is 25.1 Å². The number of fused-ring (bicyclic) bond motifs is 1. The van der Waals surface area contributed by atoms with Gasteiger partial charge in [-0.3, -0.25) is 4.79 Å². The van der Waals surface area contributed by atoms with E-state index >= 15 is 0 Å². The van der Waals surface area contributed by atoms with Crippen LogP contribution in [0.15, 0.2) is 18.2 Å². The van der Waals surface area contributed by atoms with Crippen molar-refractivity contribution in [3.05, 3.63) is 29.3 Å². The van der Waals surface area contributed by atoms with Crippen molar-refractivity contribution >= 4 is 18.3 Å². The molecule has 2 aliphatic rings. The minimum atomic E-state index is 0. The second kappa shape index (κ2) is 8.55. The molecule has 2 N–H and O–H groups in total. The zero-order valence-electron chi connectivity index (χ0n) is 13.8. The number of carbonyl (C=O) groups excluding carboxylic acids is 1. The van der Waals surface area contributed by atoms with Gasteiger partial charge in [0.15, 0.2) is 0 Å². The third kappa shape index (κ3) is 4.39. The summed E-state index contributed by atoms with van der Waals surface area (Å²) in [6, 6.07) is 6.36. The van der Waals surface area contributed by atoms with Gasteiger partial charge in [-0.25, -0.2) is 0 Å². The Balaban J connectivity index is 0.00000192. The molecule has 2 unspecified atom stereocenters. The molecule has 1 aromatic rings. The second-order valence-corrected chi connectivity index (χ2v) is 6.34. The Bertz CT molecular complexity index is 530. The minimum Gasteiger partial charge on any atom is -0.493 e. The molecule has 0 spiro atoms. The van der Waals surface area contributed by atoms with E-state index in [1.807, 2.05) is 0 Å². The van der Waals surface area contributed by atoms with Gasteiger partial charge in [0, 0.05) is 18.4 Å². The Hall–Kier alpha value is -1.26. The Morgan fingerprint density at radius 2 is 2.26 bits per heavy atom. The van der Waals surface area contributed by atoms with Gasteiger partial charge in [0.1, 0.15) is 5.75 Å². The van der Waals surface area contributed by atoms with Crippen molar-refractivity contribution in [3.63, 3.8) is 0 Å². The van der Waals surface area contributed by atoms with Gasteiger partial charge in [0.25, 0.3) is 0 Å². The van der Waals surface area contributed by atoms with E-state index < -0.39 is 0 Å². The number of amides is 1. The molecule has 1 saturated heterocycles. The van der Waals surface area contributed by atoms with Crippen molar-refractivity contribution in [3.8, 4) is 5.75 Å². The molecule has 2 heterocycles. The second-order valence-electron chi connectivity index (χ2n) is 6.34. The molecular formula is C18H27ClN2O2. The Kier molecular flexibility index (Phi) is 6.72. The number of benzene rings is 1. The number of rotatable bonds is 5. The molecule has 23 heavy (non-hydrogen) atoms. The summed E-state index contributed by atoms with van der Waals surface area (Å²) in [4.78, 5) is 12.3. The van der Waals surface area contributed by atoms with Crippen LogP contribution < -0.4 is 15.4 Å². The third-order valence-corrected chi connectivity index (χ3v) is 4.81. The monoisotopic (exact) mass is 338 g/mol. The van der Waals surface area contributed by atoms with Gasteiger partial charge in [0.2, 0.25) is 5.91 Å². The van der Waals surface area contributed by atoms with Crippen LogP contribution in [0.25, 0.3) is 0 Å². The van der Waals surface area contributed by atoms with Crippen LogP contribution in [0.4, 0.5) is 0 Å². The average Bonchev–Trinajstić information content (AvgIpc) is 3.06. The molecule has 2 aliphatic heterocycles. The van der Waals surface area contributed by atoms with E-state index in [0.717, 1.165) is 43.7 Å². The first-order valence-corrected chi connectivity index (χ1v) is 8.52. The molecule has 5 heteroatoms. The number of hydrogen-bond donors (Lipinski definition) is 2. The molecule has 0 radical (unpaired) electrons. The van der Waals surface area contributed by atoms with Gasteiger partial charge >= 0.3 is 0 Å². The molecular weight excluding hydrogens is 312 g/mol.